The van der Waals surface area contributed by atoms with Crippen LogP contribution >= 0.6 is 15.9 Å². The second kappa shape index (κ2) is 5.40. The first kappa shape index (κ1) is 12.9. The molecule has 94 valence electrons. The van der Waals surface area contributed by atoms with Gasteiger partial charge in [0.05, 0.1) is 11.6 Å². The Morgan fingerprint density at radius 3 is 2.67 bits per heavy atom. The highest BCUT2D eigenvalue weighted by Gasteiger charge is 2.08. The van der Waals surface area contributed by atoms with Crippen LogP contribution in [0.1, 0.15) is 28.8 Å². The van der Waals surface area contributed by atoms with E-state index in [9.17, 15) is 4.79 Å². The molecule has 1 aromatic heterocycles. The van der Waals surface area contributed by atoms with Crippen LogP contribution in [0.25, 0.3) is 0 Å². The number of halogens is 1. The molecular weight excluding hydrogens is 296 g/mol. The average molecular weight is 309 g/mol. The number of benzene rings is 1. The number of hydrogen-bond donors (Lipinski definition) is 0. The largest absolute Gasteiger partial charge is 0.496 e. The first-order valence-electron chi connectivity index (χ1n) is 5.52. The van der Waals surface area contributed by atoms with E-state index in [0.717, 1.165) is 21.5 Å². The number of carbonyl (C=O) groups excluding carboxylic acids is 1. The van der Waals surface area contributed by atoms with E-state index in [4.69, 9.17) is 9.15 Å². The Morgan fingerprint density at radius 2 is 2.11 bits per heavy atom. The maximum atomic E-state index is 11.1. The molecule has 0 aliphatic heterocycles. The lowest BCUT2D eigenvalue weighted by atomic mass is 10.1. The molecule has 4 heteroatoms. The fourth-order valence-corrected chi connectivity index (χ4v) is 2.27. The summed E-state index contributed by atoms with van der Waals surface area (Å²) < 4.78 is 11.5. The van der Waals surface area contributed by atoms with Gasteiger partial charge in [-0.25, -0.2) is 0 Å². The third kappa shape index (κ3) is 2.82. The van der Waals surface area contributed by atoms with Gasteiger partial charge >= 0.3 is 0 Å². The van der Waals surface area contributed by atoms with E-state index in [1.54, 1.807) is 13.2 Å². The van der Waals surface area contributed by atoms with E-state index in [-0.39, 0.29) is 5.78 Å². The molecule has 1 heterocycles. The lowest BCUT2D eigenvalue weighted by Crippen LogP contribution is -1.90. The summed E-state index contributed by atoms with van der Waals surface area (Å²) in [5.41, 5.74) is 1.09. The topological polar surface area (TPSA) is 39.4 Å². The van der Waals surface area contributed by atoms with E-state index in [0.29, 0.717) is 12.2 Å². The number of rotatable bonds is 4. The maximum absolute atomic E-state index is 11.1. The Bertz CT molecular complexity index is 572. The van der Waals surface area contributed by atoms with E-state index in [1.807, 2.05) is 24.3 Å². The van der Waals surface area contributed by atoms with Crippen molar-refractivity contribution in [3.8, 4) is 5.75 Å². The van der Waals surface area contributed by atoms with Crippen molar-refractivity contribution in [2.75, 3.05) is 7.11 Å². The standard InChI is InChI=1S/C14H13BrO3/c1-9(16)13-6-4-11(18-13)7-10-3-5-14(17-2)12(15)8-10/h3-6,8H,7H2,1-2H3. The minimum absolute atomic E-state index is 0.0582. The molecular formula is C14H13BrO3. The van der Waals surface area contributed by atoms with Crippen LogP contribution in [0.15, 0.2) is 39.2 Å². The Labute approximate surface area is 114 Å². The number of ketones is 1. The first-order chi connectivity index (χ1) is 8.60. The fraction of sp³-hybridized carbons (Fsp3) is 0.214. The van der Waals surface area contributed by atoms with Crippen LogP contribution in [0.5, 0.6) is 5.75 Å². The monoisotopic (exact) mass is 308 g/mol. The predicted molar refractivity (Wildman–Crippen MR) is 72.2 cm³/mol. The van der Waals surface area contributed by atoms with Gasteiger partial charge in [-0.3, -0.25) is 4.79 Å². The van der Waals surface area contributed by atoms with Crippen molar-refractivity contribution in [2.45, 2.75) is 13.3 Å². The summed E-state index contributed by atoms with van der Waals surface area (Å²) in [6.07, 6.45) is 0.649. The average Bonchev–Trinajstić information content (AvgIpc) is 2.78. The van der Waals surface area contributed by atoms with Crippen molar-refractivity contribution < 1.29 is 13.9 Å². The van der Waals surface area contributed by atoms with Gasteiger partial charge in [0.15, 0.2) is 11.5 Å². The highest BCUT2D eigenvalue weighted by Crippen LogP contribution is 2.26. The Hall–Kier alpha value is -1.55. The zero-order valence-electron chi connectivity index (χ0n) is 10.2. The number of ether oxygens (including phenoxy) is 1. The molecule has 3 nitrogen and oxygen atoms in total. The predicted octanol–water partition coefficient (Wildman–Crippen LogP) is 3.84. The van der Waals surface area contributed by atoms with Gasteiger partial charge in [-0.1, -0.05) is 6.07 Å². The molecule has 0 atom stereocenters. The Balaban J connectivity index is 2.18. The molecule has 0 bridgehead atoms. The third-order valence-electron chi connectivity index (χ3n) is 2.60. The molecule has 0 aliphatic rings. The molecule has 0 amide bonds. The zero-order valence-corrected chi connectivity index (χ0v) is 11.8. The number of furan rings is 1. The van der Waals surface area contributed by atoms with Gasteiger partial charge in [-0.15, -0.1) is 0 Å². The van der Waals surface area contributed by atoms with Gasteiger partial charge in [0.2, 0.25) is 0 Å². The summed E-state index contributed by atoms with van der Waals surface area (Å²) in [6.45, 7) is 1.49. The highest BCUT2D eigenvalue weighted by molar-refractivity contribution is 9.10. The van der Waals surface area contributed by atoms with Crippen LogP contribution in [0.4, 0.5) is 0 Å². The SMILES string of the molecule is COc1ccc(Cc2ccc(C(C)=O)o2)cc1Br. The molecule has 18 heavy (non-hydrogen) atoms. The summed E-state index contributed by atoms with van der Waals surface area (Å²) in [6, 6.07) is 9.38. The summed E-state index contributed by atoms with van der Waals surface area (Å²) in [5.74, 6) is 1.91. The molecule has 1 aromatic carbocycles. The first-order valence-corrected chi connectivity index (χ1v) is 6.31. The van der Waals surface area contributed by atoms with Gasteiger partial charge in [0.1, 0.15) is 11.5 Å². The molecule has 0 saturated carbocycles. The number of hydrogen-bond acceptors (Lipinski definition) is 3. The quantitative estimate of drug-likeness (QED) is 0.806. The van der Waals surface area contributed by atoms with Crippen LogP contribution in [0.3, 0.4) is 0 Å². The maximum Gasteiger partial charge on any atom is 0.194 e. The van der Waals surface area contributed by atoms with E-state index in [2.05, 4.69) is 15.9 Å². The van der Waals surface area contributed by atoms with Crippen LogP contribution in [-0.4, -0.2) is 12.9 Å². The van der Waals surface area contributed by atoms with Crippen molar-refractivity contribution in [1.82, 2.24) is 0 Å². The van der Waals surface area contributed by atoms with Gasteiger partial charge in [-0.05, 0) is 45.8 Å². The Kier molecular flexibility index (Phi) is 3.87. The third-order valence-corrected chi connectivity index (χ3v) is 3.22. The molecule has 0 spiro atoms. The Morgan fingerprint density at radius 1 is 1.33 bits per heavy atom. The van der Waals surface area contributed by atoms with Crippen LogP contribution in [-0.2, 0) is 6.42 Å². The minimum atomic E-state index is -0.0582. The summed E-state index contributed by atoms with van der Waals surface area (Å²) >= 11 is 3.44. The molecule has 0 N–H and O–H groups in total. The lowest BCUT2D eigenvalue weighted by molar-refractivity contribution is 0.0985. The van der Waals surface area contributed by atoms with Crippen molar-refractivity contribution in [3.63, 3.8) is 0 Å². The minimum Gasteiger partial charge on any atom is -0.496 e. The second-order valence-corrected chi connectivity index (χ2v) is 4.82. The number of methoxy groups -OCH3 is 1. The highest BCUT2D eigenvalue weighted by atomic mass is 79.9. The molecule has 2 aromatic rings. The summed E-state index contributed by atoms with van der Waals surface area (Å²) in [7, 11) is 1.63. The number of Topliss-reactive ketones (excluding diaryl/α,β-unsaturated/α-hetero) is 1. The van der Waals surface area contributed by atoms with Crippen molar-refractivity contribution in [3.05, 3.63) is 51.9 Å². The number of carbonyl (C=O) groups is 1. The van der Waals surface area contributed by atoms with Crippen molar-refractivity contribution in [2.24, 2.45) is 0 Å². The van der Waals surface area contributed by atoms with Gasteiger partial charge in [0.25, 0.3) is 0 Å². The van der Waals surface area contributed by atoms with Crippen LogP contribution < -0.4 is 4.74 Å². The van der Waals surface area contributed by atoms with Crippen molar-refractivity contribution in [1.29, 1.82) is 0 Å². The van der Waals surface area contributed by atoms with Gasteiger partial charge in [-0.2, -0.15) is 0 Å². The van der Waals surface area contributed by atoms with Crippen LogP contribution in [0, 0.1) is 0 Å². The molecule has 0 saturated heterocycles. The second-order valence-electron chi connectivity index (χ2n) is 3.97. The van der Waals surface area contributed by atoms with E-state index in [1.165, 1.54) is 6.92 Å². The van der Waals surface area contributed by atoms with E-state index >= 15 is 0 Å². The molecule has 0 radical (unpaired) electrons. The smallest absolute Gasteiger partial charge is 0.194 e. The fourth-order valence-electron chi connectivity index (χ4n) is 1.68. The van der Waals surface area contributed by atoms with Crippen molar-refractivity contribution >= 4 is 21.7 Å². The van der Waals surface area contributed by atoms with Gasteiger partial charge in [0, 0.05) is 13.3 Å². The molecule has 0 unspecified atom stereocenters. The normalized spacial score (nSPS) is 10.4. The molecule has 2 rings (SSSR count). The molecule has 0 aliphatic carbocycles. The summed E-state index contributed by atoms with van der Waals surface area (Å²) in [4.78, 5) is 11.1. The molecule has 0 fully saturated rings. The van der Waals surface area contributed by atoms with E-state index < -0.39 is 0 Å². The lowest BCUT2D eigenvalue weighted by Gasteiger charge is -2.05. The van der Waals surface area contributed by atoms with Gasteiger partial charge < -0.3 is 9.15 Å². The summed E-state index contributed by atoms with van der Waals surface area (Å²) in [5, 5.41) is 0. The zero-order chi connectivity index (χ0) is 13.1. The van der Waals surface area contributed by atoms with Crippen LogP contribution in [0.2, 0.25) is 0 Å².